The third-order valence-electron chi connectivity index (χ3n) is 2.51. The molecule has 2 atom stereocenters. The Balaban J connectivity index is 1.93. The molecule has 8 heteroatoms. The Hall–Kier alpha value is -0.140. The predicted molar refractivity (Wildman–Crippen MR) is 80.5 cm³/mol. The molecule has 0 bridgehead atoms. The van der Waals surface area contributed by atoms with Crippen LogP contribution in [0.3, 0.4) is 0 Å². The van der Waals surface area contributed by atoms with Gasteiger partial charge in [-0.3, -0.25) is 10.1 Å². The van der Waals surface area contributed by atoms with Crippen LogP contribution in [0, 0.1) is 0 Å². The molecule has 19 heavy (non-hydrogen) atoms. The van der Waals surface area contributed by atoms with Crippen LogP contribution in [0.2, 0.25) is 10.0 Å². The first-order chi connectivity index (χ1) is 8.97. The summed E-state index contributed by atoms with van der Waals surface area (Å²) < 4.78 is 6.27. The lowest BCUT2D eigenvalue weighted by atomic mass is 10.3. The Bertz CT molecular complexity index is 503. The second kappa shape index (κ2) is 6.54. The van der Waals surface area contributed by atoms with E-state index in [9.17, 15) is 4.79 Å². The number of benzene rings is 1. The molecule has 1 saturated heterocycles. The first kappa shape index (κ1) is 15.3. The SMILES string of the molecule is O=C(O)C1CSC(COc2cc(Cl)c(Br)cc2Cl)N1. The van der Waals surface area contributed by atoms with Crippen LogP contribution in [-0.2, 0) is 4.79 Å². The molecule has 2 N–H and O–H groups in total. The van der Waals surface area contributed by atoms with Gasteiger partial charge >= 0.3 is 5.97 Å². The van der Waals surface area contributed by atoms with E-state index in [0.717, 1.165) is 0 Å². The highest BCUT2D eigenvalue weighted by Gasteiger charge is 2.29. The molecule has 2 rings (SSSR count). The first-order valence-electron chi connectivity index (χ1n) is 5.35. The number of hydrogen-bond acceptors (Lipinski definition) is 4. The van der Waals surface area contributed by atoms with Crippen molar-refractivity contribution in [3.63, 3.8) is 0 Å². The molecule has 1 aromatic rings. The number of carboxylic acid groups (broad SMARTS) is 1. The van der Waals surface area contributed by atoms with Crippen LogP contribution in [0.25, 0.3) is 0 Å². The van der Waals surface area contributed by atoms with Gasteiger partial charge < -0.3 is 9.84 Å². The lowest BCUT2D eigenvalue weighted by Crippen LogP contribution is -2.38. The zero-order chi connectivity index (χ0) is 14.0. The number of carbonyl (C=O) groups is 1. The van der Waals surface area contributed by atoms with Gasteiger partial charge in [-0.25, -0.2) is 0 Å². The fraction of sp³-hybridized carbons (Fsp3) is 0.364. The minimum atomic E-state index is -0.847. The van der Waals surface area contributed by atoms with Crippen molar-refractivity contribution in [2.75, 3.05) is 12.4 Å². The number of carboxylic acids is 1. The Kier molecular flexibility index (Phi) is 5.25. The highest BCUT2D eigenvalue weighted by molar-refractivity contribution is 9.10. The first-order valence-corrected chi connectivity index (χ1v) is 7.95. The maximum absolute atomic E-state index is 10.8. The molecule has 0 aromatic heterocycles. The highest BCUT2D eigenvalue weighted by Crippen LogP contribution is 2.34. The number of halogens is 3. The smallest absolute Gasteiger partial charge is 0.321 e. The van der Waals surface area contributed by atoms with E-state index in [4.69, 9.17) is 33.0 Å². The van der Waals surface area contributed by atoms with Crippen LogP contribution in [0.4, 0.5) is 0 Å². The Morgan fingerprint density at radius 3 is 2.89 bits per heavy atom. The molecule has 1 aliphatic heterocycles. The normalized spacial score (nSPS) is 22.5. The molecule has 0 radical (unpaired) electrons. The molecule has 104 valence electrons. The zero-order valence-corrected chi connectivity index (χ0v) is 13.4. The molecule has 1 aromatic carbocycles. The average molecular weight is 387 g/mol. The minimum Gasteiger partial charge on any atom is -0.489 e. The number of hydrogen-bond donors (Lipinski definition) is 2. The van der Waals surface area contributed by atoms with Gasteiger partial charge in [-0.2, -0.15) is 0 Å². The molecule has 0 saturated carbocycles. The van der Waals surface area contributed by atoms with E-state index in [1.807, 2.05) is 0 Å². The average Bonchev–Trinajstić information content (AvgIpc) is 2.81. The molecule has 0 aliphatic carbocycles. The molecular weight excluding hydrogens is 377 g/mol. The van der Waals surface area contributed by atoms with Gasteiger partial charge in [0.15, 0.2) is 0 Å². The Morgan fingerprint density at radius 1 is 1.53 bits per heavy atom. The van der Waals surface area contributed by atoms with E-state index in [1.54, 1.807) is 12.1 Å². The van der Waals surface area contributed by atoms with Crippen molar-refractivity contribution in [1.82, 2.24) is 5.32 Å². The summed E-state index contributed by atoms with van der Waals surface area (Å²) in [6, 6.07) is 2.76. The number of nitrogens with one attached hydrogen (secondary N) is 1. The van der Waals surface area contributed by atoms with Crippen molar-refractivity contribution in [1.29, 1.82) is 0 Å². The maximum Gasteiger partial charge on any atom is 0.321 e. The standard InChI is InChI=1S/C11H10BrCl2NO3S/c12-5-1-7(14)9(2-6(5)13)18-3-10-15-8(4-19-10)11(16)17/h1-2,8,10,15H,3-4H2,(H,16,17). The number of thioether (sulfide) groups is 1. The van der Waals surface area contributed by atoms with Crippen LogP contribution in [0.5, 0.6) is 5.75 Å². The second-order valence-corrected chi connectivity index (χ2v) is 6.79. The third-order valence-corrected chi connectivity index (χ3v) is 5.21. The monoisotopic (exact) mass is 385 g/mol. The van der Waals surface area contributed by atoms with E-state index in [0.29, 0.717) is 32.6 Å². The van der Waals surface area contributed by atoms with E-state index >= 15 is 0 Å². The van der Waals surface area contributed by atoms with Gasteiger partial charge in [-0.05, 0) is 22.0 Å². The van der Waals surface area contributed by atoms with Crippen LogP contribution in [-0.4, -0.2) is 34.9 Å². The molecule has 0 amide bonds. The summed E-state index contributed by atoms with van der Waals surface area (Å²) in [6.07, 6.45) is 0. The lowest BCUT2D eigenvalue weighted by molar-refractivity contribution is -0.138. The number of ether oxygens (including phenoxy) is 1. The van der Waals surface area contributed by atoms with Gasteiger partial charge in [0, 0.05) is 16.3 Å². The van der Waals surface area contributed by atoms with Crippen molar-refractivity contribution >= 4 is 56.9 Å². The van der Waals surface area contributed by atoms with Gasteiger partial charge in [-0.1, -0.05) is 23.2 Å². The summed E-state index contributed by atoms with van der Waals surface area (Å²) in [5.74, 6) is 0.161. The number of aliphatic carboxylic acids is 1. The van der Waals surface area contributed by atoms with Crippen LogP contribution in [0.1, 0.15) is 0 Å². The van der Waals surface area contributed by atoms with Crippen LogP contribution >= 0.6 is 50.9 Å². The summed E-state index contributed by atoms with van der Waals surface area (Å²) in [5, 5.41) is 12.7. The van der Waals surface area contributed by atoms with Gasteiger partial charge in [0.05, 0.1) is 15.4 Å². The van der Waals surface area contributed by atoms with E-state index in [1.165, 1.54) is 11.8 Å². The topological polar surface area (TPSA) is 58.6 Å². The molecule has 0 spiro atoms. The summed E-state index contributed by atoms with van der Waals surface area (Å²) in [6.45, 7) is 0.326. The largest absolute Gasteiger partial charge is 0.489 e. The van der Waals surface area contributed by atoms with Gasteiger partial charge in [0.1, 0.15) is 18.4 Å². The Labute approximate surface area is 132 Å². The van der Waals surface area contributed by atoms with E-state index in [2.05, 4.69) is 21.2 Å². The van der Waals surface area contributed by atoms with Gasteiger partial charge in [0.25, 0.3) is 0 Å². The summed E-state index contributed by atoms with van der Waals surface area (Å²) in [7, 11) is 0. The van der Waals surface area contributed by atoms with Gasteiger partial charge in [0.2, 0.25) is 0 Å². The van der Waals surface area contributed by atoms with Crippen molar-refractivity contribution < 1.29 is 14.6 Å². The fourth-order valence-corrected chi connectivity index (χ4v) is 3.49. The van der Waals surface area contributed by atoms with Gasteiger partial charge in [-0.15, -0.1) is 11.8 Å². The van der Waals surface area contributed by atoms with Crippen molar-refractivity contribution in [3.8, 4) is 5.75 Å². The second-order valence-electron chi connectivity index (χ2n) is 3.89. The molecule has 1 heterocycles. The summed E-state index contributed by atoms with van der Waals surface area (Å²) in [4.78, 5) is 10.8. The zero-order valence-electron chi connectivity index (χ0n) is 9.53. The third kappa shape index (κ3) is 3.92. The van der Waals surface area contributed by atoms with Crippen molar-refractivity contribution in [3.05, 3.63) is 26.7 Å². The van der Waals surface area contributed by atoms with E-state index < -0.39 is 12.0 Å². The van der Waals surface area contributed by atoms with Crippen LogP contribution < -0.4 is 10.1 Å². The van der Waals surface area contributed by atoms with Crippen LogP contribution in [0.15, 0.2) is 16.6 Å². The summed E-state index contributed by atoms with van der Waals surface area (Å²) in [5.41, 5.74) is 0. The molecule has 1 aliphatic rings. The minimum absolute atomic E-state index is 0.0698. The highest BCUT2D eigenvalue weighted by atomic mass is 79.9. The van der Waals surface area contributed by atoms with Crippen molar-refractivity contribution in [2.45, 2.75) is 11.4 Å². The molecule has 1 fully saturated rings. The Morgan fingerprint density at radius 2 is 2.26 bits per heavy atom. The number of rotatable bonds is 4. The fourth-order valence-electron chi connectivity index (χ4n) is 1.55. The molecular formula is C11H10BrCl2NO3S. The molecule has 4 nitrogen and oxygen atoms in total. The van der Waals surface area contributed by atoms with E-state index in [-0.39, 0.29) is 5.37 Å². The van der Waals surface area contributed by atoms with Crippen molar-refractivity contribution in [2.24, 2.45) is 0 Å². The maximum atomic E-state index is 10.8. The lowest BCUT2D eigenvalue weighted by Gasteiger charge is -2.14. The predicted octanol–water partition coefficient (Wildman–Crippen LogP) is 3.25. The summed E-state index contributed by atoms with van der Waals surface area (Å²) >= 11 is 16.8. The molecule has 2 unspecified atom stereocenters. The quantitative estimate of drug-likeness (QED) is 0.778.